The molecule has 3 rings (SSSR count). The van der Waals surface area contributed by atoms with Crippen LogP contribution < -0.4 is 0 Å². The molecule has 0 spiro atoms. The van der Waals surface area contributed by atoms with Gasteiger partial charge < -0.3 is 19.5 Å². The molecule has 3 heterocycles. The first-order valence-corrected chi connectivity index (χ1v) is 10.2. The van der Waals surface area contributed by atoms with Crippen molar-refractivity contribution in [2.24, 2.45) is 0 Å². The van der Waals surface area contributed by atoms with Crippen molar-refractivity contribution in [3.05, 3.63) is 22.4 Å². The monoisotopic (exact) mass is 383 g/mol. The van der Waals surface area contributed by atoms with E-state index in [1.54, 1.807) is 11.3 Å². The fourth-order valence-corrected chi connectivity index (χ4v) is 3.91. The Hall–Kier alpha value is -1.03. The average Bonchev–Trinajstić information content (AvgIpc) is 3.16. The average molecular weight is 384 g/mol. The van der Waals surface area contributed by atoms with Crippen molar-refractivity contribution in [1.29, 1.82) is 0 Å². The molecule has 1 unspecified atom stereocenters. The van der Waals surface area contributed by atoms with Gasteiger partial charge in [0.2, 0.25) is 5.91 Å². The Morgan fingerprint density at radius 3 is 2.65 bits per heavy atom. The SMILES string of the molecule is O=C(CN1CCOCC1)N1CCN(CC(O)COCc2cccs2)CC1. The van der Waals surface area contributed by atoms with Crippen molar-refractivity contribution in [3.8, 4) is 0 Å². The predicted octanol–water partition coefficient (Wildman–Crippen LogP) is 0.102. The minimum absolute atomic E-state index is 0.200. The van der Waals surface area contributed by atoms with E-state index in [0.29, 0.717) is 39.5 Å². The molecule has 0 bridgehead atoms. The van der Waals surface area contributed by atoms with Gasteiger partial charge in [-0.1, -0.05) is 6.07 Å². The molecule has 1 atom stereocenters. The van der Waals surface area contributed by atoms with E-state index in [1.165, 1.54) is 4.88 Å². The summed E-state index contributed by atoms with van der Waals surface area (Å²) >= 11 is 1.66. The zero-order chi connectivity index (χ0) is 18.2. The van der Waals surface area contributed by atoms with E-state index in [9.17, 15) is 9.90 Å². The number of hydrogen-bond donors (Lipinski definition) is 1. The molecule has 0 aromatic carbocycles. The number of hydrogen-bond acceptors (Lipinski definition) is 7. The van der Waals surface area contributed by atoms with Gasteiger partial charge in [0.1, 0.15) is 0 Å². The third-order valence-corrected chi connectivity index (χ3v) is 5.64. The van der Waals surface area contributed by atoms with Crippen LogP contribution in [-0.4, -0.2) is 104 Å². The standard InChI is InChI=1S/C18H29N3O4S/c22-16(14-25-15-17-2-1-11-26-17)12-19-3-5-21(6-4-19)18(23)13-20-7-9-24-10-8-20/h1-2,11,16,22H,3-10,12-15H2. The van der Waals surface area contributed by atoms with Gasteiger partial charge in [0.15, 0.2) is 0 Å². The van der Waals surface area contributed by atoms with Crippen molar-refractivity contribution >= 4 is 17.2 Å². The van der Waals surface area contributed by atoms with Gasteiger partial charge in [-0.2, -0.15) is 0 Å². The van der Waals surface area contributed by atoms with Gasteiger partial charge in [-0.25, -0.2) is 0 Å². The van der Waals surface area contributed by atoms with Gasteiger partial charge in [-0.05, 0) is 11.4 Å². The van der Waals surface area contributed by atoms with Crippen LogP contribution in [0.4, 0.5) is 0 Å². The maximum absolute atomic E-state index is 12.4. The number of β-amino-alcohol motifs (C(OH)–C–C–N with tert-alkyl or cyclic N) is 1. The molecule has 1 aromatic heterocycles. The molecule has 1 aromatic rings. The van der Waals surface area contributed by atoms with E-state index in [1.807, 2.05) is 22.4 Å². The Morgan fingerprint density at radius 2 is 1.96 bits per heavy atom. The smallest absolute Gasteiger partial charge is 0.236 e. The van der Waals surface area contributed by atoms with Crippen molar-refractivity contribution in [1.82, 2.24) is 14.7 Å². The number of ether oxygens (including phenoxy) is 2. The molecular weight excluding hydrogens is 354 g/mol. The van der Waals surface area contributed by atoms with Gasteiger partial charge in [-0.15, -0.1) is 11.3 Å². The molecular formula is C18H29N3O4S. The maximum Gasteiger partial charge on any atom is 0.236 e. The number of aliphatic hydroxyl groups is 1. The largest absolute Gasteiger partial charge is 0.389 e. The highest BCUT2D eigenvalue weighted by atomic mass is 32.1. The van der Waals surface area contributed by atoms with Crippen molar-refractivity contribution < 1.29 is 19.4 Å². The summed E-state index contributed by atoms with van der Waals surface area (Å²) in [4.78, 5) is 19.9. The second-order valence-electron chi connectivity index (χ2n) is 6.82. The van der Waals surface area contributed by atoms with E-state index in [-0.39, 0.29) is 5.91 Å². The Labute approximate surface area is 159 Å². The summed E-state index contributed by atoms with van der Waals surface area (Å²) in [6, 6.07) is 4.03. The fourth-order valence-electron chi connectivity index (χ4n) is 3.27. The number of carbonyl (C=O) groups excluding carboxylic acids is 1. The summed E-state index contributed by atoms with van der Waals surface area (Å²) in [5.41, 5.74) is 0. The van der Waals surface area contributed by atoms with E-state index in [0.717, 1.165) is 39.3 Å². The first kappa shape index (κ1) is 19.7. The highest BCUT2D eigenvalue weighted by molar-refractivity contribution is 7.09. The van der Waals surface area contributed by atoms with Crippen LogP contribution in [0.1, 0.15) is 4.88 Å². The highest BCUT2D eigenvalue weighted by Crippen LogP contribution is 2.10. The van der Waals surface area contributed by atoms with E-state index in [4.69, 9.17) is 9.47 Å². The molecule has 7 nitrogen and oxygen atoms in total. The third-order valence-electron chi connectivity index (χ3n) is 4.79. The van der Waals surface area contributed by atoms with Gasteiger partial charge >= 0.3 is 0 Å². The molecule has 0 aliphatic carbocycles. The Kier molecular flexibility index (Phi) is 7.85. The lowest BCUT2D eigenvalue weighted by Gasteiger charge is -2.37. The number of nitrogens with zero attached hydrogens (tertiary/aromatic N) is 3. The minimum atomic E-state index is -0.495. The van der Waals surface area contributed by atoms with Crippen LogP contribution in [0.5, 0.6) is 0 Å². The second kappa shape index (κ2) is 10.3. The van der Waals surface area contributed by atoms with Crippen LogP contribution in [0.3, 0.4) is 0 Å². The number of aliphatic hydroxyl groups excluding tert-OH is 1. The molecule has 0 radical (unpaired) electrons. The van der Waals surface area contributed by atoms with Crippen molar-refractivity contribution in [3.63, 3.8) is 0 Å². The quantitative estimate of drug-likeness (QED) is 0.687. The van der Waals surface area contributed by atoms with Crippen LogP contribution in [0.2, 0.25) is 0 Å². The number of thiophene rings is 1. The molecule has 2 saturated heterocycles. The summed E-state index contributed by atoms with van der Waals surface area (Å²) in [6.07, 6.45) is -0.495. The number of amides is 1. The molecule has 2 aliphatic heterocycles. The number of carbonyl (C=O) groups is 1. The zero-order valence-electron chi connectivity index (χ0n) is 15.2. The second-order valence-corrected chi connectivity index (χ2v) is 7.85. The van der Waals surface area contributed by atoms with Crippen LogP contribution in [0, 0.1) is 0 Å². The summed E-state index contributed by atoms with van der Waals surface area (Å²) in [5, 5.41) is 12.2. The highest BCUT2D eigenvalue weighted by Gasteiger charge is 2.24. The summed E-state index contributed by atoms with van der Waals surface area (Å²) in [7, 11) is 0. The van der Waals surface area contributed by atoms with Gasteiger partial charge in [0.25, 0.3) is 0 Å². The topological polar surface area (TPSA) is 65.5 Å². The molecule has 26 heavy (non-hydrogen) atoms. The van der Waals surface area contributed by atoms with Crippen LogP contribution in [0.15, 0.2) is 17.5 Å². The van der Waals surface area contributed by atoms with Crippen molar-refractivity contribution in [2.75, 3.05) is 72.2 Å². The predicted molar refractivity (Wildman–Crippen MR) is 100 cm³/mol. The van der Waals surface area contributed by atoms with Crippen LogP contribution in [0.25, 0.3) is 0 Å². The molecule has 146 valence electrons. The molecule has 1 amide bonds. The van der Waals surface area contributed by atoms with Gasteiger partial charge in [-0.3, -0.25) is 14.6 Å². The molecule has 2 fully saturated rings. The minimum Gasteiger partial charge on any atom is -0.389 e. The Balaban J connectivity index is 1.29. The number of piperazine rings is 1. The lowest BCUT2D eigenvalue weighted by Crippen LogP contribution is -2.53. The van der Waals surface area contributed by atoms with E-state index in [2.05, 4.69) is 9.80 Å². The van der Waals surface area contributed by atoms with Crippen molar-refractivity contribution in [2.45, 2.75) is 12.7 Å². The van der Waals surface area contributed by atoms with Crippen LogP contribution >= 0.6 is 11.3 Å². The van der Waals surface area contributed by atoms with E-state index < -0.39 is 6.10 Å². The molecule has 8 heteroatoms. The summed E-state index contributed by atoms with van der Waals surface area (Å²) in [6.45, 7) is 8.14. The summed E-state index contributed by atoms with van der Waals surface area (Å²) in [5.74, 6) is 0.200. The lowest BCUT2D eigenvalue weighted by molar-refractivity contribution is -0.135. The number of morpholine rings is 1. The summed E-state index contributed by atoms with van der Waals surface area (Å²) < 4.78 is 10.9. The maximum atomic E-state index is 12.4. The first-order valence-electron chi connectivity index (χ1n) is 9.29. The van der Waals surface area contributed by atoms with Crippen LogP contribution in [-0.2, 0) is 20.9 Å². The first-order chi connectivity index (χ1) is 12.7. The number of rotatable bonds is 8. The molecule has 2 aliphatic rings. The zero-order valence-corrected chi connectivity index (χ0v) is 16.0. The normalized spacial score (nSPS) is 21.0. The van der Waals surface area contributed by atoms with Gasteiger partial charge in [0.05, 0.1) is 39.1 Å². The Morgan fingerprint density at radius 1 is 1.19 bits per heavy atom. The van der Waals surface area contributed by atoms with E-state index >= 15 is 0 Å². The fraction of sp³-hybridized carbons (Fsp3) is 0.722. The Bertz CT molecular complexity index is 529. The molecule has 0 saturated carbocycles. The van der Waals surface area contributed by atoms with Gasteiger partial charge in [0, 0.05) is 50.7 Å². The lowest BCUT2D eigenvalue weighted by atomic mass is 10.2. The third kappa shape index (κ3) is 6.29. The molecule has 1 N–H and O–H groups in total.